The van der Waals surface area contributed by atoms with Gasteiger partial charge in [0.05, 0.1) is 0 Å². The number of rotatable bonds is 0. The molecule has 0 aliphatic carbocycles. The Bertz CT molecular complexity index is 92.9. The van der Waals surface area contributed by atoms with Crippen LogP contribution in [0.4, 0.5) is 0 Å². The van der Waals surface area contributed by atoms with E-state index >= 15 is 0 Å². The summed E-state index contributed by atoms with van der Waals surface area (Å²) in [5, 5.41) is 3.77. The molecule has 0 saturated heterocycles. The number of quaternary nitrogens is 1. The van der Waals surface area contributed by atoms with Gasteiger partial charge in [0.15, 0.2) is 10.3 Å². The van der Waals surface area contributed by atoms with Gasteiger partial charge in [-0.2, -0.15) is 0 Å². The van der Waals surface area contributed by atoms with E-state index in [-0.39, 0.29) is 11.6 Å². The van der Waals surface area contributed by atoms with Gasteiger partial charge in [-0.05, 0) is 0 Å². The van der Waals surface area contributed by atoms with Crippen LogP contribution in [0.1, 0.15) is 0 Å². The Kier molecular flexibility index (Phi) is 8.97. The fourth-order valence-electron chi connectivity index (χ4n) is 0. The Labute approximate surface area is 41.1 Å². The Morgan fingerprint density at radius 3 is 1.43 bits per heavy atom. The normalized spacial score (nSPS) is 8.29. The van der Waals surface area contributed by atoms with Crippen LogP contribution >= 0.6 is 0 Å². The Morgan fingerprint density at radius 2 is 1.43 bits per heavy atom. The van der Waals surface area contributed by atoms with Crippen LogP contribution < -0.4 is 11.3 Å². The number of hydrogen-bond donors (Lipinski definition) is 2. The zero-order valence-corrected chi connectivity index (χ0v) is 4.53. The first-order chi connectivity index (χ1) is 2.00. The van der Waals surface area contributed by atoms with E-state index < -0.39 is 10.3 Å². The fraction of sp³-hybridized carbons (Fsp3) is 0. The average molecular weight is 132 g/mol. The molecule has 0 heterocycles. The molecule has 0 aliphatic heterocycles. The van der Waals surface area contributed by atoms with Crippen LogP contribution in [-0.2, 0) is 10.3 Å². The molecule has 0 aromatic carbocycles. The second-order valence-electron chi connectivity index (χ2n) is 0.493. The number of nitrogens with two attached hydrogens (primary N) is 1. The highest BCUT2D eigenvalue weighted by Gasteiger charge is 1.64. The van der Waals surface area contributed by atoms with E-state index in [1.165, 1.54) is 0 Å². The van der Waals surface area contributed by atoms with Crippen LogP contribution in [0.15, 0.2) is 0 Å². The molecule has 0 saturated carbocycles. The van der Waals surface area contributed by atoms with Crippen molar-refractivity contribution in [3.8, 4) is 0 Å². The molecule has 0 aromatic heterocycles. The minimum Gasteiger partial charge on any atom is -0.736 e. The van der Waals surface area contributed by atoms with E-state index in [1.807, 2.05) is 0 Å². The lowest BCUT2D eigenvalue weighted by molar-refractivity contribution is 0.464. The second kappa shape index (κ2) is 3.96. The molecule has 0 unspecified atom stereocenters. The molecule has 0 rings (SSSR count). The van der Waals surface area contributed by atoms with Crippen LogP contribution in [-0.4, -0.2) is 18.4 Å². The fourth-order valence-corrected chi connectivity index (χ4v) is 0. The minimum atomic E-state index is -4.42. The molecule has 0 bridgehead atoms. The molecule has 7 heavy (non-hydrogen) atoms. The molecular formula is H8N2O4S. The molecule has 0 spiro atoms. The second-order valence-corrected chi connectivity index (χ2v) is 1.48. The van der Waals surface area contributed by atoms with Gasteiger partial charge in [-0.15, -0.1) is 0 Å². The highest BCUT2D eigenvalue weighted by Crippen LogP contribution is 1.49. The van der Waals surface area contributed by atoms with Gasteiger partial charge in [0.2, 0.25) is 0 Å². The van der Waals surface area contributed by atoms with E-state index in [9.17, 15) is 0 Å². The maximum absolute atomic E-state index is 8.85. The highest BCUT2D eigenvalue weighted by atomic mass is 32.2. The summed E-state index contributed by atoms with van der Waals surface area (Å²) in [6.45, 7) is 0. The maximum Gasteiger partial charge on any atom is 0.156 e. The molecule has 0 amide bonds. The van der Waals surface area contributed by atoms with Crippen molar-refractivity contribution in [1.82, 2.24) is 6.15 Å². The van der Waals surface area contributed by atoms with Crippen molar-refractivity contribution >= 4 is 10.3 Å². The molecule has 0 aromatic rings. The van der Waals surface area contributed by atoms with Gasteiger partial charge in [-0.25, -0.2) is 13.6 Å². The zero-order valence-electron chi connectivity index (χ0n) is 3.71. The van der Waals surface area contributed by atoms with Crippen molar-refractivity contribution in [1.29, 1.82) is 0 Å². The summed E-state index contributed by atoms with van der Waals surface area (Å²) in [4.78, 5) is 0. The largest absolute Gasteiger partial charge is 0.736 e. The lowest BCUT2D eigenvalue weighted by Gasteiger charge is -1.90. The van der Waals surface area contributed by atoms with Gasteiger partial charge in [0, 0.05) is 0 Å². The van der Waals surface area contributed by atoms with Crippen molar-refractivity contribution in [3.63, 3.8) is 0 Å². The Morgan fingerprint density at radius 1 is 1.43 bits per heavy atom. The zero-order chi connectivity index (χ0) is 4.50. The van der Waals surface area contributed by atoms with Crippen LogP contribution in [0, 0.1) is 0 Å². The molecular weight excluding hydrogens is 124 g/mol. The van der Waals surface area contributed by atoms with Gasteiger partial charge in [-0.1, -0.05) is 0 Å². The van der Waals surface area contributed by atoms with Crippen LogP contribution in [0.2, 0.25) is 0 Å². The van der Waals surface area contributed by atoms with Gasteiger partial charge < -0.3 is 16.2 Å². The summed E-state index contributed by atoms with van der Waals surface area (Å²) in [7, 11) is -4.42. The molecule has 48 valence electrons. The summed E-state index contributed by atoms with van der Waals surface area (Å²) in [6, 6.07) is 0. The molecule has 0 fully saturated rings. The van der Waals surface area contributed by atoms with Gasteiger partial charge in [0.1, 0.15) is 0 Å². The van der Waals surface area contributed by atoms with E-state index in [2.05, 4.69) is 5.14 Å². The smallest absolute Gasteiger partial charge is 0.156 e. The third kappa shape index (κ3) is 1890. The number of hydrogen-bond acceptors (Lipinski definition) is 3. The third-order valence-corrected chi connectivity index (χ3v) is 0. The summed E-state index contributed by atoms with van der Waals surface area (Å²) >= 11 is 0. The van der Waals surface area contributed by atoms with Crippen molar-refractivity contribution in [2.24, 2.45) is 5.14 Å². The molecule has 8 N–H and O–H groups in total. The summed E-state index contributed by atoms with van der Waals surface area (Å²) in [5.41, 5.74) is 0. The van der Waals surface area contributed by atoms with E-state index in [0.29, 0.717) is 0 Å². The van der Waals surface area contributed by atoms with Gasteiger partial charge in [-0.3, -0.25) is 0 Å². The highest BCUT2D eigenvalue weighted by molar-refractivity contribution is 7.83. The Hall–Kier alpha value is -0.210. The molecule has 7 heteroatoms. The van der Waals surface area contributed by atoms with Gasteiger partial charge in [0.25, 0.3) is 0 Å². The standard InChI is InChI=1S/H3NO3S.H3N.H2O/c1-5(2,3)4;;/h(H3,1,2,3,4);1H3;1H2. The first-order valence-corrected chi connectivity index (χ1v) is 2.21. The molecule has 0 atom stereocenters. The van der Waals surface area contributed by atoms with Crippen LogP contribution in [0.3, 0.4) is 0 Å². The lowest BCUT2D eigenvalue weighted by atomic mass is 13.9. The molecule has 6 nitrogen and oxygen atoms in total. The summed E-state index contributed by atoms with van der Waals surface area (Å²) in [6.07, 6.45) is 0. The molecule has 0 aliphatic rings. The van der Waals surface area contributed by atoms with Gasteiger partial charge >= 0.3 is 0 Å². The summed E-state index contributed by atoms with van der Waals surface area (Å²) in [5.74, 6) is 0. The maximum atomic E-state index is 8.85. The predicted molar refractivity (Wildman–Crippen MR) is 23.5 cm³/mol. The Balaban J connectivity index is -0.0000000800. The van der Waals surface area contributed by atoms with Crippen molar-refractivity contribution < 1.29 is 18.4 Å². The SMILES string of the molecule is NS(=O)(=O)[O-].O.[NH4+]. The van der Waals surface area contributed by atoms with Crippen LogP contribution in [0.25, 0.3) is 0 Å². The first-order valence-electron chi connectivity index (χ1n) is 0.736. The monoisotopic (exact) mass is 132 g/mol. The topological polar surface area (TPSA) is 151 Å². The summed E-state index contributed by atoms with van der Waals surface area (Å²) < 4.78 is 26.6. The van der Waals surface area contributed by atoms with Crippen molar-refractivity contribution in [2.45, 2.75) is 0 Å². The molecule has 0 radical (unpaired) electrons. The van der Waals surface area contributed by atoms with Crippen molar-refractivity contribution in [3.05, 3.63) is 0 Å². The first kappa shape index (κ1) is 15.8. The average Bonchev–Trinajstić information content (AvgIpc) is 0.722. The third-order valence-electron chi connectivity index (χ3n) is 0. The quantitative estimate of drug-likeness (QED) is 0.365. The van der Waals surface area contributed by atoms with E-state index in [1.54, 1.807) is 0 Å². The van der Waals surface area contributed by atoms with Crippen LogP contribution in [0.5, 0.6) is 0 Å². The predicted octanol–water partition coefficient (Wildman–Crippen LogP) is -2.04. The minimum absolute atomic E-state index is 0. The van der Waals surface area contributed by atoms with Crippen molar-refractivity contribution in [2.75, 3.05) is 0 Å². The van der Waals surface area contributed by atoms with E-state index in [4.69, 9.17) is 13.0 Å². The lowest BCUT2D eigenvalue weighted by Crippen LogP contribution is -2.08. The van der Waals surface area contributed by atoms with E-state index in [0.717, 1.165) is 0 Å².